The van der Waals surface area contributed by atoms with Crippen LogP contribution in [0.25, 0.3) is 0 Å². The molecule has 1 aromatic carbocycles. The number of rotatable bonds is 2. The van der Waals surface area contributed by atoms with E-state index in [1.807, 2.05) is 0 Å². The summed E-state index contributed by atoms with van der Waals surface area (Å²) in [4.78, 5) is -0.519. The van der Waals surface area contributed by atoms with E-state index in [2.05, 4.69) is 0 Å². The molecule has 2 aliphatic rings. The molecule has 21 heavy (non-hydrogen) atoms. The Morgan fingerprint density at radius 2 is 1.86 bits per heavy atom. The highest BCUT2D eigenvalue weighted by atomic mass is 32.2. The van der Waals surface area contributed by atoms with Gasteiger partial charge in [0.2, 0.25) is 10.0 Å². The van der Waals surface area contributed by atoms with Crippen LogP contribution in [0.5, 0.6) is 0 Å². The Bertz CT molecular complexity index is 663. The SMILES string of the molecule is Nc1c(F)ccc(S(=O)(=O)N2CCCC3CCCC32)c1F. The van der Waals surface area contributed by atoms with Gasteiger partial charge >= 0.3 is 0 Å². The summed E-state index contributed by atoms with van der Waals surface area (Å²) in [5, 5.41) is 0. The van der Waals surface area contributed by atoms with Gasteiger partial charge in [-0.15, -0.1) is 0 Å². The fourth-order valence-electron chi connectivity index (χ4n) is 3.58. The van der Waals surface area contributed by atoms with Crippen molar-refractivity contribution in [3.63, 3.8) is 0 Å². The van der Waals surface area contributed by atoms with E-state index in [0.717, 1.165) is 44.2 Å². The lowest BCUT2D eigenvalue weighted by atomic mass is 9.94. The van der Waals surface area contributed by atoms with E-state index in [-0.39, 0.29) is 6.04 Å². The maximum atomic E-state index is 14.1. The minimum atomic E-state index is -3.97. The first-order chi connectivity index (χ1) is 9.93. The summed E-state index contributed by atoms with van der Waals surface area (Å²) in [6, 6.07) is 1.81. The van der Waals surface area contributed by atoms with Crippen LogP contribution in [0.1, 0.15) is 32.1 Å². The zero-order valence-electron chi connectivity index (χ0n) is 11.6. The average Bonchev–Trinajstić information content (AvgIpc) is 2.92. The molecule has 2 N–H and O–H groups in total. The number of benzene rings is 1. The largest absolute Gasteiger partial charge is 0.394 e. The van der Waals surface area contributed by atoms with Crippen molar-refractivity contribution in [2.24, 2.45) is 5.92 Å². The van der Waals surface area contributed by atoms with Crippen molar-refractivity contribution in [1.29, 1.82) is 0 Å². The number of hydrogen-bond donors (Lipinski definition) is 1. The second kappa shape index (κ2) is 5.21. The normalized spacial score (nSPS) is 26.8. The zero-order valence-corrected chi connectivity index (χ0v) is 12.4. The number of nitrogens with zero attached hydrogens (tertiary/aromatic N) is 1. The highest BCUT2D eigenvalue weighted by molar-refractivity contribution is 7.89. The van der Waals surface area contributed by atoms with E-state index in [4.69, 9.17) is 5.73 Å². The van der Waals surface area contributed by atoms with Crippen molar-refractivity contribution in [2.45, 2.75) is 43.0 Å². The molecule has 1 saturated carbocycles. The van der Waals surface area contributed by atoms with Gasteiger partial charge in [0, 0.05) is 12.6 Å². The van der Waals surface area contributed by atoms with E-state index < -0.39 is 32.2 Å². The fourth-order valence-corrected chi connectivity index (χ4v) is 5.41. The van der Waals surface area contributed by atoms with Crippen molar-refractivity contribution >= 4 is 15.7 Å². The molecule has 116 valence electrons. The van der Waals surface area contributed by atoms with Crippen molar-refractivity contribution < 1.29 is 17.2 Å². The van der Waals surface area contributed by atoms with Crippen LogP contribution in [0.4, 0.5) is 14.5 Å². The number of nitrogens with two attached hydrogens (primary N) is 1. The lowest BCUT2D eigenvalue weighted by Gasteiger charge is -2.36. The van der Waals surface area contributed by atoms with Gasteiger partial charge in [0.05, 0.1) is 0 Å². The third kappa shape index (κ3) is 2.32. The van der Waals surface area contributed by atoms with Gasteiger partial charge in [-0.3, -0.25) is 0 Å². The monoisotopic (exact) mass is 316 g/mol. The summed E-state index contributed by atoms with van der Waals surface area (Å²) in [6.45, 7) is 0.389. The number of nitrogen functional groups attached to an aromatic ring is 1. The number of fused-ring (bicyclic) bond motifs is 1. The summed E-state index contributed by atoms with van der Waals surface area (Å²) in [7, 11) is -3.97. The second-order valence-corrected chi connectivity index (χ2v) is 7.65. The quantitative estimate of drug-likeness (QED) is 0.853. The summed E-state index contributed by atoms with van der Waals surface area (Å²) >= 11 is 0. The predicted molar refractivity (Wildman–Crippen MR) is 75.0 cm³/mol. The summed E-state index contributed by atoms with van der Waals surface area (Å²) in [6.07, 6.45) is 4.62. The molecule has 4 nitrogen and oxygen atoms in total. The first-order valence-electron chi connectivity index (χ1n) is 7.18. The average molecular weight is 316 g/mol. The molecule has 0 aromatic heterocycles. The van der Waals surface area contributed by atoms with Crippen LogP contribution in [-0.4, -0.2) is 25.3 Å². The van der Waals surface area contributed by atoms with Gasteiger partial charge in [0.1, 0.15) is 16.4 Å². The van der Waals surface area contributed by atoms with Crippen LogP contribution in [0, 0.1) is 17.6 Å². The topological polar surface area (TPSA) is 63.4 Å². The van der Waals surface area contributed by atoms with Crippen LogP contribution >= 0.6 is 0 Å². The molecule has 0 spiro atoms. The van der Waals surface area contributed by atoms with Crippen molar-refractivity contribution in [1.82, 2.24) is 4.31 Å². The molecule has 1 saturated heterocycles. The van der Waals surface area contributed by atoms with Crippen LogP contribution in [0.3, 0.4) is 0 Å². The Labute approximate surface area is 123 Å². The van der Waals surface area contributed by atoms with Gasteiger partial charge in [-0.05, 0) is 43.7 Å². The molecular weight excluding hydrogens is 298 g/mol. The smallest absolute Gasteiger partial charge is 0.246 e. The fraction of sp³-hybridized carbons (Fsp3) is 0.571. The molecule has 1 aliphatic carbocycles. The molecule has 0 bridgehead atoms. The summed E-state index contributed by atoms with van der Waals surface area (Å²) < 4.78 is 54.2. The molecule has 1 heterocycles. The van der Waals surface area contributed by atoms with E-state index in [9.17, 15) is 17.2 Å². The second-order valence-electron chi connectivity index (χ2n) is 5.79. The van der Waals surface area contributed by atoms with Crippen molar-refractivity contribution in [2.75, 3.05) is 12.3 Å². The zero-order chi connectivity index (χ0) is 15.2. The maximum absolute atomic E-state index is 14.1. The number of hydrogen-bond acceptors (Lipinski definition) is 3. The lowest BCUT2D eigenvalue weighted by Crippen LogP contribution is -2.46. The number of piperidine rings is 1. The highest BCUT2D eigenvalue weighted by Crippen LogP contribution is 2.40. The Morgan fingerprint density at radius 3 is 2.62 bits per heavy atom. The molecule has 1 aromatic rings. The molecular formula is C14H18F2N2O2S. The Morgan fingerprint density at radius 1 is 1.14 bits per heavy atom. The molecule has 2 atom stereocenters. The maximum Gasteiger partial charge on any atom is 0.246 e. The van der Waals surface area contributed by atoms with E-state index >= 15 is 0 Å². The molecule has 0 radical (unpaired) electrons. The first-order valence-corrected chi connectivity index (χ1v) is 8.62. The van der Waals surface area contributed by atoms with Crippen LogP contribution in [0.2, 0.25) is 0 Å². The van der Waals surface area contributed by atoms with E-state index in [0.29, 0.717) is 12.5 Å². The standard InChI is InChI=1S/C14H18F2N2O2S/c15-10-6-7-12(13(16)14(10)17)21(19,20)18-8-2-4-9-3-1-5-11(9)18/h6-7,9,11H,1-5,8,17H2. The van der Waals surface area contributed by atoms with Gasteiger partial charge in [-0.2, -0.15) is 4.31 Å². The molecule has 1 aliphatic heterocycles. The molecule has 7 heteroatoms. The van der Waals surface area contributed by atoms with Crippen molar-refractivity contribution in [3.8, 4) is 0 Å². The Balaban J connectivity index is 2.02. The lowest BCUT2D eigenvalue weighted by molar-refractivity contribution is 0.201. The van der Waals surface area contributed by atoms with E-state index in [1.165, 1.54) is 4.31 Å². The molecule has 0 amide bonds. The predicted octanol–water partition coefficient (Wildman–Crippen LogP) is 2.50. The summed E-state index contributed by atoms with van der Waals surface area (Å²) in [5.74, 6) is -1.77. The minimum absolute atomic E-state index is 0.0607. The van der Waals surface area contributed by atoms with Gasteiger partial charge in [-0.1, -0.05) is 6.42 Å². The highest BCUT2D eigenvalue weighted by Gasteiger charge is 2.42. The van der Waals surface area contributed by atoms with Gasteiger partial charge in [0.15, 0.2) is 5.82 Å². The Hall–Kier alpha value is -1.21. The van der Waals surface area contributed by atoms with Gasteiger partial charge in [0.25, 0.3) is 0 Å². The number of anilines is 1. The Kier molecular flexibility index (Phi) is 3.65. The first kappa shape index (κ1) is 14.7. The molecule has 2 unspecified atom stereocenters. The third-order valence-electron chi connectivity index (χ3n) is 4.62. The summed E-state index contributed by atoms with van der Waals surface area (Å²) in [5.41, 5.74) is 4.54. The third-order valence-corrected chi connectivity index (χ3v) is 6.56. The van der Waals surface area contributed by atoms with Crippen LogP contribution in [0.15, 0.2) is 17.0 Å². The van der Waals surface area contributed by atoms with Crippen LogP contribution in [-0.2, 0) is 10.0 Å². The minimum Gasteiger partial charge on any atom is -0.394 e. The van der Waals surface area contributed by atoms with Crippen LogP contribution < -0.4 is 5.73 Å². The molecule has 2 fully saturated rings. The molecule has 3 rings (SSSR count). The van der Waals surface area contributed by atoms with Crippen molar-refractivity contribution in [3.05, 3.63) is 23.8 Å². The number of sulfonamides is 1. The number of halogens is 2. The van der Waals surface area contributed by atoms with E-state index in [1.54, 1.807) is 0 Å². The van der Waals surface area contributed by atoms with Gasteiger partial charge < -0.3 is 5.73 Å². The van der Waals surface area contributed by atoms with Gasteiger partial charge in [-0.25, -0.2) is 17.2 Å².